The first-order valence-corrected chi connectivity index (χ1v) is 6.34. The minimum Gasteiger partial charge on any atom is -0.390 e. The zero-order valence-corrected chi connectivity index (χ0v) is 10.3. The van der Waals surface area contributed by atoms with Crippen molar-refractivity contribution < 1.29 is 5.11 Å². The molecule has 2 rings (SSSR count). The summed E-state index contributed by atoms with van der Waals surface area (Å²) in [5.74, 6) is 0.468. The van der Waals surface area contributed by atoms with Gasteiger partial charge in [0.1, 0.15) is 0 Å². The lowest BCUT2D eigenvalue weighted by Crippen LogP contribution is -2.38. The SMILES string of the molecule is CC(C)(O)[C@@H]1CC[C@]2(C)CCCC=C2C1. The fourth-order valence-electron chi connectivity index (χ4n) is 3.25. The molecule has 1 nitrogen and oxygen atoms in total. The number of rotatable bonds is 1. The molecular weight excluding hydrogens is 184 g/mol. The molecular formula is C14H24O. The van der Waals surface area contributed by atoms with Crippen LogP contribution >= 0.6 is 0 Å². The van der Waals surface area contributed by atoms with E-state index < -0.39 is 5.60 Å². The monoisotopic (exact) mass is 208 g/mol. The van der Waals surface area contributed by atoms with Gasteiger partial charge >= 0.3 is 0 Å². The lowest BCUT2D eigenvalue weighted by molar-refractivity contribution is -0.00412. The molecule has 2 aliphatic rings. The first-order chi connectivity index (χ1) is 6.92. The quantitative estimate of drug-likeness (QED) is 0.652. The zero-order chi connectivity index (χ0) is 11.1. The van der Waals surface area contributed by atoms with Gasteiger partial charge in [-0.25, -0.2) is 0 Å². The van der Waals surface area contributed by atoms with Gasteiger partial charge in [0.05, 0.1) is 5.60 Å². The van der Waals surface area contributed by atoms with Gasteiger partial charge in [0.25, 0.3) is 0 Å². The minimum absolute atomic E-state index is 0.468. The first-order valence-electron chi connectivity index (χ1n) is 6.34. The second kappa shape index (κ2) is 3.62. The fourth-order valence-corrected chi connectivity index (χ4v) is 3.25. The van der Waals surface area contributed by atoms with Crippen molar-refractivity contribution in [3.05, 3.63) is 11.6 Å². The number of allylic oxidation sites excluding steroid dienone is 2. The van der Waals surface area contributed by atoms with Crippen molar-refractivity contribution in [1.29, 1.82) is 0 Å². The predicted molar refractivity (Wildman–Crippen MR) is 63.7 cm³/mol. The van der Waals surface area contributed by atoms with Gasteiger partial charge < -0.3 is 5.11 Å². The molecule has 0 spiro atoms. The summed E-state index contributed by atoms with van der Waals surface area (Å²) in [6.07, 6.45) is 10.0. The number of hydrogen-bond acceptors (Lipinski definition) is 1. The number of fused-ring (bicyclic) bond motifs is 1. The highest BCUT2D eigenvalue weighted by Gasteiger charge is 2.40. The van der Waals surface area contributed by atoms with Crippen molar-refractivity contribution >= 4 is 0 Å². The summed E-state index contributed by atoms with van der Waals surface area (Å²) in [6, 6.07) is 0. The molecule has 0 aliphatic heterocycles. The third-order valence-electron chi connectivity index (χ3n) is 4.61. The Balaban J connectivity index is 2.15. The summed E-state index contributed by atoms with van der Waals surface area (Å²) >= 11 is 0. The largest absolute Gasteiger partial charge is 0.390 e. The van der Waals surface area contributed by atoms with Crippen LogP contribution in [-0.4, -0.2) is 10.7 Å². The molecule has 0 aromatic heterocycles. The van der Waals surface area contributed by atoms with E-state index in [0.717, 1.165) is 6.42 Å². The van der Waals surface area contributed by atoms with E-state index in [9.17, 15) is 5.11 Å². The molecule has 0 heterocycles. The molecule has 2 aliphatic carbocycles. The fraction of sp³-hybridized carbons (Fsp3) is 0.857. The van der Waals surface area contributed by atoms with Gasteiger partial charge in [-0.1, -0.05) is 18.6 Å². The van der Waals surface area contributed by atoms with Crippen molar-refractivity contribution in [2.45, 2.75) is 64.9 Å². The zero-order valence-electron chi connectivity index (χ0n) is 10.3. The van der Waals surface area contributed by atoms with Crippen molar-refractivity contribution in [1.82, 2.24) is 0 Å². The van der Waals surface area contributed by atoms with Gasteiger partial charge in [0.15, 0.2) is 0 Å². The van der Waals surface area contributed by atoms with E-state index in [1.54, 1.807) is 5.57 Å². The lowest BCUT2D eigenvalue weighted by atomic mass is 9.61. The Morgan fingerprint density at radius 2 is 2.13 bits per heavy atom. The second-order valence-corrected chi connectivity index (χ2v) is 6.28. The maximum atomic E-state index is 10.1. The van der Waals surface area contributed by atoms with E-state index >= 15 is 0 Å². The standard InChI is InChI=1S/C14H24O/c1-13(2,15)11-7-9-14(3)8-5-4-6-12(14)10-11/h6,11,15H,4-5,7-10H2,1-3H3/t11-,14+/m1/s1. The van der Waals surface area contributed by atoms with Crippen LogP contribution in [0, 0.1) is 11.3 Å². The van der Waals surface area contributed by atoms with Crippen LogP contribution in [0.15, 0.2) is 11.6 Å². The van der Waals surface area contributed by atoms with Crippen LogP contribution in [0.5, 0.6) is 0 Å². The molecule has 86 valence electrons. The molecule has 0 aromatic carbocycles. The van der Waals surface area contributed by atoms with Gasteiger partial charge in [-0.15, -0.1) is 0 Å². The van der Waals surface area contributed by atoms with Crippen LogP contribution < -0.4 is 0 Å². The van der Waals surface area contributed by atoms with Gasteiger partial charge in [-0.3, -0.25) is 0 Å². The average Bonchev–Trinajstić information content (AvgIpc) is 2.14. The Hall–Kier alpha value is -0.300. The minimum atomic E-state index is -0.500. The van der Waals surface area contributed by atoms with Crippen LogP contribution in [0.4, 0.5) is 0 Å². The van der Waals surface area contributed by atoms with Crippen LogP contribution in [0.1, 0.15) is 59.3 Å². The van der Waals surface area contributed by atoms with Gasteiger partial charge in [0.2, 0.25) is 0 Å². The summed E-state index contributed by atoms with van der Waals surface area (Å²) in [5.41, 5.74) is 1.60. The molecule has 0 aromatic rings. The summed E-state index contributed by atoms with van der Waals surface area (Å²) < 4.78 is 0. The van der Waals surface area contributed by atoms with E-state index in [1.807, 2.05) is 13.8 Å². The average molecular weight is 208 g/mol. The van der Waals surface area contributed by atoms with Crippen LogP contribution in [0.3, 0.4) is 0 Å². The molecule has 0 bridgehead atoms. The van der Waals surface area contributed by atoms with E-state index in [0.29, 0.717) is 11.3 Å². The Bertz CT molecular complexity index is 272. The van der Waals surface area contributed by atoms with E-state index in [4.69, 9.17) is 0 Å². The van der Waals surface area contributed by atoms with Crippen molar-refractivity contribution in [3.8, 4) is 0 Å². The molecule has 1 heteroatoms. The second-order valence-electron chi connectivity index (χ2n) is 6.28. The van der Waals surface area contributed by atoms with Crippen LogP contribution in [0.25, 0.3) is 0 Å². The van der Waals surface area contributed by atoms with Crippen LogP contribution in [-0.2, 0) is 0 Å². The Kier molecular flexibility index (Phi) is 2.70. The predicted octanol–water partition coefficient (Wildman–Crippen LogP) is 3.67. The van der Waals surface area contributed by atoms with Crippen molar-refractivity contribution in [2.75, 3.05) is 0 Å². The van der Waals surface area contributed by atoms with Gasteiger partial charge in [0, 0.05) is 0 Å². The maximum Gasteiger partial charge on any atom is 0.0622 e. The highest BCUT2D eigenvalue weighted by molar-refractivity contribution is 5.20. The molecule has 0 unspecified atom stereocenters. The van der Waals surface area contributed by atoms with E-state index in [2.05, 4.69) is 13.0 Å². The smallest absolute Gasteiger partial charge is 0.0622 e. The third-order valence-corrected chi connectivity index (χ3v) is 4.61. The Morgan fingerprint density at radius 3 is 2.80 bits per heavy atom. The molecule has 0 radical (unpaired) electrons. The van der Waals surface area contributed by atoms with Crippen molar-refractivity contribution in [3.63, 3.8) is 0 Å². The maximum absolute atomic E-state index is 10.1. The summed E-state index contributed by atoms with van der Waals surface area (Å²) in [6.45, 7) is 6.34. The topological polar surface area (TPSA) is 20.2 Å². The Morgan fingerprint density at radius 1 is 1.40 bits per heavy atom. The van der Waals surface area contributed by atoms with Gasteiger partial charge in [-0.2, -0.15) is 0 Å². The molecule has 0 amide bonds. The summed E-state index contributed by atoms with van der Waals surface area (Å²) in [4.78, 5) is 0. The molecule has 1 saturated carbocycles. The Labute approximate surface area is 93.6 Å². The molecule has 0 saturated heterocycles. The van der Waals surface area contributed by atoms with E-state index in [-0.39, 0.29) is 0 Å². The molecule has 1 fully saturated rings. The van der Waals surface area contributed by atoms with Gasteiger partial charge in [-0.05, 0) is 63.7 Å². The number of aliphatic hydroxyl groups is 1. The first kappa shape index (κ1) is 11.2. The lowest BCUT2D eigenvalue weighted by Gasteiger charge is -2.45. The molecule has 1 N–H and O–H groups in total. The molecule has 2 atom stereocenters. The number of hydrogen-bond donors (Lipinski definition) is 1. The highest BCUT2D eigenvalue weighted by atomic mass is 16.3. The summed E-state index contributed by atoms with van der Waals surface area (Å²) in [5, 5.41) is 10.1. The summed E-state index contributed by atoms with van der Waals surface area (Å²) in [7, 11) is 0. The third kappa shape index (κ3) is 2.13. The molecule has 15 heavy (non-hydrogen) atoms. The normalized spacial score (nSPS) is 37.1. The van der Waals surface area contributed by atoms with Crippen LogP contribution in [0.2, 0.25) is 0 Å². The highest BCUT2D eigenvalue weighted by Crippen LogP contribution is 2.50. The van der Waals surface area contributed by atoms with Crippen molar-refractivity contribution in [2.24, 2.45) is 11.3 Å². The van der Waals surface area contributed by atoms with E-state index in [1.165, 1.54) is 32.1 Å².